The van der Waals surface area contributed by atoms with Crippen LogP contribution in [-0.4, -0.2) is 46.5 Å². The Morgan fingerprint density at radius 1 is 0.964 bits per heavy atom. The Bertz CT molecular complexity index is 686. The van der Waals surface area contributed by atoms with E-state index in [1.165, 1.54) is 51.2 Å². The van der Waals surface area contributed by atoms with E-state index in [-0.39, 0.29) is 10.8 Å². The number of rotatable bonds is 12. The monoisotopic (exact) mass is 410 g/mol. The maximum atomic E-state index is 12.3. The highest BCUT2D eigenvalue weighted by molar-refractivity contribution is 7.89. The summed E-state index contributed by atoms with van der Waals surface area (Å²) < 4.78 is 27.2. The van der Waals surface area contributed by atoms with Gasteiger partial charge in [0.1, 0.15) is 0 Å². The molecule has 0 radical (unpaired) electrons. The summed E-state index contributed by atoms with van der Waals surface area (Å²) in [5, 5.41) is 9.62. The molecule has 0 aromatic heterocycles. The summed E-state index contributed by atoms with van der Waals surface area (Å²) in [7, 11) is -3.51. The minimum absolute atomic E-state index is 0.188. The quantitative estimate of drug-likeness (QED) is 0.396. The molecule has 1 aromatic carbocycles. The normalized spacial score (nSPS) is 15.5. The van der Waals surface area contributed by atoms with Crippen LogP contribution in [0.5, 0.6) is 0 Å². The molecule has 0 bridgehead atoms. The minimum Gasteiger partial charge on any atom is -0.326 e. The second kappa shape index (κ2) is 12.2. The minimum atomic E-state index is -3.51. The highest BCUT2D eigenvalue weighted by Crippen LogP contribution is 2.17. The van der Waals surface area contributed by atoms with Crippen LogP contribution in [0.15, 0.2) is 29.2 Å². The van der Waals surface area contributed by atoms with E-state index in [2.05, 4.69) is 20.7 Å². The zero-order chi connectivity index (χ0) is 20.2. The molecular weight excluding hydrogens is 376 g/mol. The lowest BCUT2D eigenvalue weighted by Crippen LogP contribution is -2.36. The lowest BCUT2D eigenvalue weighted by atomic mass is 9.95. The van der Waals surface area contributed by atoms with Gasteiger partial charge in [-0.3, -0.25) is 4.79 Å². The van der Waals surface area contributed by atoms with Gasteiger partial charge in [0.05, 0.1) is 4.90 Å². The van der Waals surface area contributed by atoms with E-state index in [0.29, 0.717) is 18.3 Å². The standard InChI is InChI=1S/C20H34N4O3S/c1-17(25)24-19-9-11-20(12-10-19)28(26,27)23-14-6-5-13-21-15-16-22-18-7-3-2-4-8-18/h9-12,18,21-23H,2-8,13-16H2,1H3,(H,24,25). The Morgan fingerprint density at radius 2 is 1.64 bits per heavy atom. The van der Waals surface area contributed by atoms with Gasteiger partial charge >= 0.3 is 0 Å². The maximum Gasteiger partial charge on any atom is 0.240 e. The number of amides is 1. The molecule has 8 heteroatoms. The number of unbranched alkanes of at least 4 members (excludes halogenated alkanes) is 1. The van der Waals surface area contributed by atoms with Crippen LogP contribution in [0.2, 0.25) is 0 Å². The Morgan fingerprint density at radius 3 is 2.32 bits per heavy atom. The van der Waals surface area contributed by atoms with E-state index in [4.69, 9.17) is 0 Å². The van der Waals surface area contributed by atoms with Crippen LogP contribution in [0.3, 0.4) is 0 Å². The molecule has 0 atom stereocenters. The van der Waals surface area contributed by atoms with Gasteiger partial charge in [0.2, 0.25) is 15.9 Å². The summed E-state index contributed by atoms with van der Waals surface area (Å²) in [5.74, 6) is -0.188. The largest absolute Gasteiger partial charge is 0.326 e. The molecule has 0 saturated heterocycles. The molecule has 0 unspecified atom stereocenters. The third-order valence-corrected chi connectivity index (χ3v) is 6.37. The lowest BCUT2D eigenvalue weighted by Gasteiger charge is -2.22. The highest BCUT2D eigenvalue weighted by Gasteiger charge is 2.13. The molecule has 4 N–H and O–H groups in total. The van der Waals surface area contributed by atoms with E-state index < -0.39 is 10.0 Å². The third kappa shape index (κ3) is 8.68. The van der Waals surface area contributed by atoms with Crippen molar-refractivity contribution in [1.29, 1.82) is 0 Å². The van der Waals surface area contributed by atoms with Crippen molar-refractivity contribution in [3.8, 4) is 0 Å². The fourth-order valence-electron chi connectivity index (χ4n) is 3.38. The average Bonchev–Trinajstić information content (AvgIpc) is 2.67. The average molecular weight is 411 g/mol. The lowest BCUT2D eigenvalue weighted by molar-refractivity contribution is -0.114. The second-order valence-corrected chi connectivity index (χ2v) is 9.12. The molecule has 1 aromatic rings. The third-order valence-electron chi connectivity index (χ3n) is 4.90. The van der Waals surface area contributed by atoms with Crippen molar-refractivity contribution >= 4 is 21.6 Å². The first kappa shape index (κ1) is 22.8. The van der Waals surface area contributed by atoms with Gasteiger partial charge in [0, 0.05) is 38.3 Å². The van der Waals surface area contributed by atoms with Gasteiger partial charge in [0.25, 0.3) is 0 Å². The van der Waals surface area contributed by atoms with Crippen LogP contribution in [0.25, 0.3) is 0 Å². The highest BCUT2D eigenvalue weighted by atomic mass is 32.2. The van der Waals surface area contributed by atoms with Crippen LogP contribution in [0.4, 0.5) is 5.69 Å². The number of anilines is 1. The summed E-state index contributed by atoms with van der Waals surface area (Å²) in [6.07, 6.45) is 8.38. The Kier molecular flexibility index (Phi) is 9.91. The molecule has 1 amide bonds. The first-order valence-electron chi connectivity index (χ1n) is 10.3. The number of hydrogen-bond donors (Lipinski definition) is 4. The maximum absolute atomic E-state index is 12.3. The Labute approximate surface area is 169 Å². The smallest absolute Gasteiger partial charge is 0.240 e. The number of carbonyl (C=O) groups is 1. The van der Waals surface area contributed by atoms with Crippen LogP contribution in [-0.2, 0) is 14.8 Å². The van der Waals surface area contributed by atoms with Gasteiger partial charge in [0.15, 0.2) is 0 Å². The van der Waals surface area contributed by atoms with E-state index >= 15 is 0 Å². The topological polar surface area (TPSA) is 99.3 Å². The summed E-state index contributed by atoms with van der Waals surface area (Å²) in [5.41, 5.74) is 0.579. The molecule has 0 spiro atoms. The number of nitrogens with one attached hydrogen (secondary N) is 4. The van der Waals surface area contributed by atoms with Crippen LogP contribution in [0, 0.1) is 0 Å². The molecule has 28 heavy (non-hydrogen) atoms. The number of carbonyl (C=O) groups excluding carboxylic acids is 1. The van der Waals surface area contributed by atoms with Crippen LogP contribution in [0.1, 0.15) is 51.9 Å². The van der Waals surface area contributed by atoms with Crippen LogP contribution < -0.4 is 20.7 Å². The molecule has 158 valence electrons. The van der Waals surface area contributed by atoms with Crippen molar-refractivity contribution in [1.82, 2.24) is 15.4 Å². The van der Waals surface area contributed by atoms with Crippen molar-refractivity contribution in [3.63, 3.8) is 0 Å². The second-order valence-electron chi connectivity index (χ2n) is 7.35. The van der Waals surface area contributed by atoms with E-state index in [1.807, 2.05) is 0 Å². The molecule has 2 rings (SSSR count). The molecule has 0 heterocycles. The first-order valence-corrected chi connectivity index (χ1v) is 11.8. The zero-order valence-electron chi connectivity index (χ0n) is 16.8. The SMILES string of the molecule is CC(=O)Nc1ccc(S(=O)(=O)NCCCCNCCNC2CCCCC2)cc1. The van der Waals surface area contributed by atoms with E-state index in [0.717, 1.165) is 32.5 Å². The van der Waals surface area contributed by atoms with Gasteiger partial charge in [-0.25, -0.2) is 13.1 Å². The van der Waals surface area contributed by atoms with Crippen molar-refractivity contribution in [2.75, 3.05) is 31.5 Å². The van der Waals surface area contributed by atoms with Gasteiger partial charge in [-0.05, 0) is 56.5 Å². The number of sulfonamides is 1. The van der Waals surface area contributed by atoms with Crippen molar-refractivity contribution in [2.24, 2.45) is 0 Å². The fraction of sp³-hybridized carbons (Fsp3) is 0.650. The fourth-order valence-corrected chi connectivity index (χ4v) is 4.46. The molecule has 1 fully saturated rings. The van der Waals surface area contributed by atoms with Crippen molar-refractivity contribution in [2.45, 2.75) is 62.8 Å². The van der Waals surface area contributed by atoms with Crippen molar-refractivity contribution < 1.29 is 13.2 Å². The predicted octanol–water partition coefficient (Wildman–Crippen LogP) is 2.22. The van der Waals surface area contributed by atoms with Crippen LogP contribution >= 0.6 is 0 Å². The molecule has 1 aliphatic rings. The summed E-state index contributed by atoms with van der Waals surface area (Å²) in [4.78, 5) is 11.2. The Balaban J connectivity index is 1.53. The van der Waals surface area contributed by atoms with E-state index in [9.17, 15) is 13.2 Å². The van der Waals surface area contributed by atoms with E-state index in [1.54, 1.807) is 12.1 Å². The predicted molar refractivity (Wildman–Crippen MR) is 113 cm³/mol. The first-order chi connectivity index (χ1) is 13.5. The summed E-state index contributed by atoms with van der Waals surface area (Å²) in [6, 6.07) is 6.85. The van der Waals surface area contributed by atoms with Gasteiger partial charge in [-0.2, -0.15) is 0 Å². The Hall–Kier alpha value is -1.48. The molecule has 7 nitrogen and oxygen atoms in total. The van der Waals surface area contributed by atoms with Gasteiger partial charge in [-0.15, -0.1) is 0 Å². The molecular formula is C20H34N4O3S. The van der Waals surface area contributed by atoms with Gasteiger partial charge < -0.3 is 16.0 Å². The molecule has 0 aliphatic heterocycles. The molecule has 1 aliphatic carbocycles. The zero-order valence-corrected chi connectivity index (χ0v) is 17.6. The van der Waals surface area contributed by atoms with Gasteiger partial charge in [-0.1, -0.05) is 19.3 Å². The number of benzene rings is 1. The molecule has 1 saturated carbocycles. The summed E-state index contributed by atoms with van der Waals surface area (Å²) >= 11 is 0. The number of hydrogen-bond acceptors (Lipinski definition) is 5. The summed E-state index contributed by atoms with van der Waals surface area (Å²) in [6.45, 7) is 4.65. The van der Waals surface area contributed by atoms with Crippen molar-refractivity contribution in [3.05, 3.63) is 24.3 Å².